The van der Waals surface area contributed by atoms with E-state index in [4.69, 9.17) is 0 Å². The Bertz CT molecular complexity index is 487. The summed E-state index contributed by atoms with van der Waals surface area (Å²) < 4.78 is 0. The van der Waals surface area contributed by atoms with Crippen LogP contribution in [0.5, 0.6) is 0 Å². The molecule has 1 atom stereocenters. The SMILES string of the molecule is Cc1cn[nH]c1[C@@H]1CCCN(Cc2cnc[nH]2)C1. The van der Waals surface area contributed by atoms with Crippen LogP contribution in [0.2, 0.25) is 0 Å². The molecule has 2 aromatic heterocycles. The molecule has 5 heteroatoms. The molecule has 2 aromatic rings. The van der Waals surface area contributed by atoms with E-state index in [0.29, 0.717) is 5.92 Å². The number of likely N-dealkylation sites (tertiary alicyclic amines) is 1. The van der Waals surface area contributed by atoms with Crippen molar-refractivity contribution in [2.24, 2.45) is 0 Å². The van der Waals surface area contributed by atoms with Crippen molar-refractivity contribution in [1.29, 1.82) is 0 Å². The normalized spacial score (nSPS) is 21.3. The molecule has 96 valence electrons. The second-order valence-corrected chi connectivity index (χ2v) is 5.12. The number of aryl methyl sites for hydroxylation is 1. The van der Waals surface area contributed by atoms with Gasteiger partial charge in [-0.1, -0.05) is 0 Å². The molecule has 3 heterocycles. The van der Waals surface area contributed by atoms with Crippen molar-refractivity contribution in [2.45, 2.75) is 32.2 Å². The van der Waals surface area contributed by atoms with E-state index in [1.165, 1.54) is 36.3 Å². The predicted molar refractivity (Wildman–Crippen MR) is 69.2 cm³/mol. The fourth-order valence-electron chi connectivity index (χ4n) is 2.82. The number of rotatable bonds is 3. The van der Waals surface area contributed by atoms with Crippen molar-refractivity contribution in [3.05, 3.63) is 35.7 Å². The fraction of sp³-hybridized carbons (Fsp3) is 0.538. The topological polar surface area (TPSA) is 60.6 Å². The molecule has 0 aliphatic carbocycles. The molecule has 2 N–H and O–H groups in total. The summed E-state index contributed by atoms with van der Waals surface area (Å²) in [5.74, 6) is 0.587. The number of nitrogens with one attached hydrogen (secondary N) is 2. The average molecular weight is 245 g/mol. The molecular formula is C13H19N5. The van der Waals surface area contributed by atoms with Gasteiger partial charge >= 0.3 is 0 Å². The first-order chi connectivity index (χ1) is 8.83. The molecule has 1 aliphatic heterocycles. The molecule has 0 saturated carbocycles. The van der Waals surface area contributed by atoms with Crippen LogP contribution < -0.4 is 0 Å². The Balaban J connectivity index is 1.67. The van der Waals surface area contributed by atoms with Crippen LogP contribution in [0.3, 0.4) is 0 Å². The van der Waals surface area contributed by atoms with Gasteiger partial charge in [0.15, 0.2) is 0 Å². The number of hydrogen-bond acceptors (Lipinski definition) is 3. The molecule has 1 fully saturated rings. The average Bonchev–Trinajstić information content (AvgIpc) is 3.01. The Labute approximate surface area is 107 Å². The van der Waals surface area contributed by atoms with E-state index in [9.17, 15) is 0 Å². The van der Waals surface area contributed by atoms with Crippen LogP contribution >= 0.6 is 0 Å². The minimum absolute atomic E-state index is 0.587. The van der Waals surface area contributed by atoms with Crippen LogP contribution in [-0.2, 0) is 6.54 Å². The van der Waals surface area contributed by atoms with Crippen LogP contribution in [0, 0.1) is 6.92 Å². The standard InChI is InChI=1S/C13H19N5/c1-10-5-16-17-13(10)11-3-2-4-18(7-11)8-12-6-14-9-15-12/h5-6,9,11H,2-4,7-8H2,1H3,(H,14,15)(H,16,17)/t11-/m1/s1. The van der Waals surface area contributed by atoms with E-state index in [-0.39, 0.29) is 0 Å². The maximum Gasteiger partial charge on any atom is 0.0922 e. The minimum atomic E-state index is 0.587. The maximum absolute atomic E-state index is 4.14. The van der Waals surface area contributed by atoms with Gasteiger partial charge < -0.3 is 4.98 Å². The molecule has 0 bridgehead atoms. The van der Waals surface area contributed by atoms with Gasteiger partial charge in [0.2, 0.25) is 0 Å². The smallest absolute Gasteiger partial charge is 0.0922 e. The molecule has 3 rings (SSSR count). The first-order valence-electron chi connectivity index (χ1n) is 6.52. The Kier molecular flexibility index (Phi) is 3.15. The van der Waals surface area contributed by atoms with Crippen LogP contribution in [-0.4, -0.2) is 38.2 Å². The first kappa shape index (κ1) is 11.5. The summed E-state index contributed by atoms with van der Waals surface area (Å²) >= 11 is 0. The summed E-state index contributed by atoms with van der Waals surface area (Å²) in [6.07, 6.45) is 8.07. The number of nitrogens with zero attached hydrogens (tertiary/aromatic N) is 3. The molecule has 0 radical (unpaired) electrons. The number of aromatic amines is 2. The first-order valence-corrected chi connectivity index (χ1v) is 6.52. The Morgan fingerprint density at radius 1 is 1.44 bits per heavy atom. The lowest BCUT2D eigenvalue weighted by Gasteiger charge is -2.32. The van der Waals surface area contributed by atoms with E-state index < -0.39 is 0 Å². The second kappa shape index (κ2) is 4.94. The predicted octanol–water partition coefficient (Wildman–Crippen LogP) is 1.82. The summed E-state index contributed by atoms with van der Waals surface area (Å²) in [7, 11) is 0. The molecule has 5 nitrogen and oxygen atoms in total. The van der Waals surface area contributed by atoms with Crippen molar-refractivity contribution in [1.82, 2.24) is 25.1 Å². The third kappa shape index (κ3) is 2.31. The fourth-order valence-corrected chi connectivity index (χ4v) is 2.82. The van der Waals surface area contributed by atoms with Crippen LogP contribution in [0.25, 0.3) is 0 Å². The highest BCUT2D eigenvalue weighted by Gasteiger charge is 2.23. The third-order valence-corrected chi connectivity index (χ3v) is 3.73. The van der Waals surface area contributed by atoms with Gasteiger partial charge in [-0.3, -0.25) is 10.00 Å². The summed E-state index contributed by atoms with van der Waals surface area (Å²) in [4.78, 5) is 9.73. The number of piperidine rings is 1. The highest BCUT2D eigenvalue weighted by atomic mass is 15.2. The van der Waals surface area contributed by atoms with E-state index in [0.717, 1.165) is 13.1 Å². The summed E-state index contributed by atoms with van der Waals surface area (Å²) in [5.41, 5.74) is 3.78. The maximum atomic E-state index is 4.14. The lowest BCUT2D eigenvalue weighted by atomic mass is 9.93. The van der Waals surface area contributed by atoms with Gasteiger partial charge in [0.25, 0.3) is 0 Å². The molecule has 0 unspecified atom stereocenters. The number of H-pyrrole nitrogens is 2. The van der Waals surface area contributed by atoms with Crippen LogP contribution in [0.1, 0.15) is 35.7 Å². The minimum Gasteiger partial charge on any atom is -0.347 e. The molecule has 0 aromatic carbocycles. The monoisotopic (exact) mass is 245 g/mol. The van der Waals surface area contributed by atoms with Gasteiger partial charge in [-0.2, -0.15) is 5.10 Å². The molecule has 0 amide bonds. The van der Waals surface area contributed by atoms with Crippen LogP contribution in [0.4, 0.5) is 0 Å². The zero-order valence-electron chi connectivity index (χ0n) is 10.7. The van der Waals surface area contributed by atoms with Crippen molar-refractivity contribution in [2.75, 3.05) is 13.1 Å². The van der Waals surface area contributed by atoms with Crippen molar-refractivity contribution in [3.63, 3.8) is 0 Å². The molecule has 18 heavy (non-hydrogen) atoms. The van der Waals surface area contributed by atoms with Crippen molar-refractivity contribution >= 4 is 0 Å². The number of imidazole rings is 1. The van der Waals surface area contributed by atoms with Gasteiger partial charge in [0.1, 0.15) is 0 Å². The Morgan fingerprint density at radius 2 is 2.39 bits per heavy atom. The highest BCUT2D eigenvalue weighted by molar-refractivity contribution is 5.19. The van der Waals surface area contributed by atoms with E-state index in [1.807, 2.05) is 12.4 Å². The molecule has 1 saturated heterocycles. The van der Waals surface area contributed by atoms with Gasteiger partial charge in [0.05, 0.1) is 12.5 Å². The lowest BCUT2D eigenvalue weighted by Crippen LogP contribution is -2.34. The summed E-state index contributed by atoms with van der Waals surface area (Å²) in [5, 5.41) is 7.30. The number of aromatic nitrogens is 4. The Morgan fingerprint density at radius 3 is 3.11 bits per heavy atom. The van der Waals surface area contributed by atoms with Crippen LogP contribution in [0.15, 0.2) is 18.7 Å². The summed E-state index contributed by atoms with van der Waals surface area (Å²) in [6, 6.07) is 0. The quantitative estimate of drug-likeness (QED) is 0.867. The van der Waals surface area contributed by atoms with Gasteiger partial charge in [-0.15, -0.1) is 0 Å². The van der Waals surface area contributed by atoms with Crippen molar-refractivity contribution < 1.29 is 0 Å². The zero-order chi connectivity index (χ0) is 12.4. The van der Waals surface area contributed by atoms with Gasteiger partial charge in [0, 0.05) is 36.6 Å². The third-order valence-electron chi connectivity index (χ3n) is 3.73. The molecule has 1 aliphatic rings. The molecule has 0 spiro atoms. The second-order valence-electron chi connectivity index (χ2n) is 5.12. The zero-order valence-corrected chi connectivity index (χ0v) is 10.7. The Hall–Kier alpha value is -1.62. The van der Waals surface area contributed by atoms with E-state index in [1.54, 1.807) is 6.33 Å². The largest absolute Gasteiger partial charge is 0.347 e. The van der Waals surface area contributed by atoms with E-state index >= 15 is 0 Å². The lowest BCUT2D eigenvalue weighted by molar-refractivity contribution is 0.196. The van der Waals surface area contributed by atoms with Gasteiger partial charge in [-0.05, 0) is 31.9 Å². The van der Waals surface area contributed by atoms with Crippen molar-refractivity contribution in [3.8, 4) is 0 Å². The van der Waals surface area contributed by atoms with E-state index in [2.05, 4.69) is 32.0 Å². The summed E-state index contributed by atoms with van der Waals surface area (Å²) in [6.45, 7) is 5.36. The van der Waals surface area contributed by atoms with Gasteiger partial charge in [-0.25, -0.2) is 4.98 Å². The molecular weight excluding hydrogens is 226 g/mol. The number of hydrogen-bond donors (Lipinski definition) is 2. The highest BCUT2D eigenvalue weighted by Crippen LogP contribution is 2.27.